The molecule has 3 rings (SSSR count). The van der Waals surface area contributed by atoms with Crippen LogP contribution in [0.5, 0.6) is 5.75 Å². The van der Waals surface area contributed by atoms with Gasteiger partial charge in [0.05, 0.1) is 16.7 Å². The zero-order valence-electron chi connectivity index (χ0n) is 14.8. The van der Waals surface area contributed by atoms with Crippen LogP contribution in [0, 0.1) is 0 Å². The maximum atomic E-state index is 12.6. The van der Waals surface area contributed by atoms with Crippen LogP contribution in [-0.4, -0.2) is 19.3 Å². The molecule has 0 aliphatic carbocycles. The fourth-order valence-electron chi connectivity index (χ4n) is 3.56. The number of primary sulfonamides is 1. The first kappa shape index (κ1) is 19.1. The third-order valence-corrected chi connectivity index (χ3v) is 5.58. The number of sulfonamides is 1. The first-order valence-corrected chi connectivity index (χ1v) is 10.3. The van der Waals surface area contributed by atoms with Crippen LogP contribution in [0.25, 0.3) is 11.0 Å². The first-order chi connectivity index (χ1) is 12.8. The van der Waals surface area contributed by atoms with Crippen molar-refractivity contribution in [2.45, 2.75) is 25.2 Å². The Labute approximate surface area is 157 Å². The summed E-state index contributed by atoms with van der Waals surface area (Å²) in [5.41, 5.74) is 0.411. The summed E-state index contributed by atoms with van der Waals surface area (Å²) in [5, 5.41) is 16.5. The molecule has 0 aliphatic rings. The van der Waals surface area contributed by atoms with Crippen molar-refractivity contribution < 1.29 is 17.9 Å². The Balaban J connectivity index is 2.22. The predicted molar refractivity (Wildman–Crippen MR) is 104 cm³/mol. The Kier molecular flexibility index (Phi) is 5.34. The standard InChI is InChI=1S/C20H21NO5S/c1-2-14(16(12-27(21,24)25)13-8-4-3-5-9-13)18-19(22)15-10-6-7-11-17(15)26-20(18)23/h3-11,14,16,22H,2,12H2,1H3,(H2,21,24,25). The van der Waals surface area contributed by atoms with Gasteiger partial charge >= 0.3 is 5.63 Å². The van der Waals surface area contributed by atoms with Crippen LogP contribution in [0.4, 0.5) is 0 Å². The minimum Gasteiger partial charge on any atom is -0.507 e. The van der Waals surface area contributed by atoms with E-state index in [2.05, 4.69) is 0 Å². The van der Waals surface area contributed by atoms with Crippen LogP contribution in [0.2, 0.25) is 0 Å². The third kappa shape index (κ3) is 4.04. The maximum Gasteiger partial charge on any atom is 0.343 e. The highest BCUT2D eigenvalue weighted by molar-refractivity contribution is 7.89. The molecule has 1 heterocycles. The van der Waals surface area contributed by atoms with Crippen LogP contribution in [0.3, 0.4) is 0 Å². The molecule has 3 N–H and O–H groups in total. The molecule has 0 fully saturated rings. The Morgan fingerprint density at radius 3 is 2.30 bits per heavy atom. The molecule has 0 bridgehead atoms. The molecule has 0 aliphatic heterocycles. The molecule has 7 heteroatoms. The smallest absolute Gasteiger partial charge is 0.343 e. The number of para-hydroxylation sites is 1. The molecule has 6 nitrogen and oxygen atoms in total. The Bertz CT molecular complexity index is 1110. The SMILES string of the molecule is CCC(c1c(O)c2ccccc2oc1=O)C(CS(N)(=O)=O)c1ccccc1. The summed E-state index contributed by atoms with van der Waals surface area (Å²) in [6.45, 7) is 1.83. The lowest BCUT2D eigenvalue weighted by atomic mass is 9.81. The van der Waals surface area contributed by atoms with Gasteiger partial charge in [0.15, 0.2) is 0 Å². The van der Waals surface area contributed by atoms with Gasteiger partial charge in [-0.2, -0.15) is 0 Å². The van der Waals surface area contributed by atoms with Crippen molar-refractivity contribution in [3.05, 3.63) is 76.1 Å². The molecule has 0 saturated heterocycles. The van der Waals surface area contributed by atoms with Crippen molar-refractivity contribution >= 4 is 21.0 Å². The highest BCUT2D eigenvalue weighted by atomic mass is 32.2. The summed E-state index contributed by atoms with van der Waals surface area (Å²) in [4.78, 5) is 12.6. The molecule has 3 aromatic rings. The van der Waals surface area contributed by atoms with Gasteiger partial charge in [0.1, 0.15) is 11.3 Å². The molecule has 0 saturated carbocycles. The summed E-state index contributed by atoms with van der Waals surface area (Å²) >= 11 is 0. The van der Waals surface area contributed by atoms with Crippen molar-refractivity contribution in [1.29, 1.82) is 0 Å². The van der Waals surface area contributed by atoms with Crippen LogP contribution < -0.4 is 10.8 Å². The average molecular weight is 387 g/mol. The molecule has 2 atom stereocenters. The van der Waals surface area contributed by atoms with E-state index in [1.807, 2.05) is 13.0 Å². The summed E-state index contributed by atoms with van der Waals surface area (Å²) < 4.78 is 29.1. The fourth-order valence-corrected chi connectivity index (χ4v) is 4.49. The monoisotopic (exact) mass is 387 g/mol. The Hall–Kier alpha value is -2.64. The van der Waals surface area contributed by atoms with E-state index >= 15 is 0 Å². The van der Waals surface area contributed by atoms with Crippen molar-refractivity contribution in [1.82, 2.24) is 0 Å². The van der Waals surface area contributed by atoms with Crippen LogP contribution in [0.1, 0.15) is 36.3 Å². The Morgan fingerprint density at radius 1 is 1.04 bits per heavy atom. The van der Waals surface area contributed by atoms with Gasteiger partial charge in [0.2, 0.25) is 10.0 Å². The van der Waals surface area contributed by atoms with Crippen molar-refractivity contribution in [2.24, 2.45) is 5.14 Å². The zero-order chi connectivity index (χ0) is 19.6. The van der Waals surface area contributed by atoms with E-state index in [4.69, 9.17) is 9.56 Å². The second-order valence-corrected chi connectivity index (χ2v) is 8.17. The zero-order valence-corrected chi connectivity index (χ0v) is 15.6. The molecule has 2 unspecified atom stereocenters. The van der Waals surface area contributed by atoms with Gasteiger partial charge in [-0.25, -0.2) is 18.4 Å². The van der Waals surface area contributed by atoms with Crippen LogP contribution in [0.15, 0.2) is 63.8 Å². The molecule has 27 heavy (non-hydrogen) atoms. The van der Waals surface area contributed by atoms with Gasteiger partial charge in [-0.05, 0) is 24.1 Å². The van der Waals surface area contributed by atoms with Gasteiger partial charge in [-0.3, -0.25) is 0 Å². The lowest BCUT2D eigenvalue weighted by Crippen LogP contribution is -2.28. The number of hydrogen-bond donors (Lipinski definition) is 2. The van der Waals surface area contributed by atoms with Crippen molar-refractivity contribution in [3.8, 4) is 5.75 Å². The molecule has 0 amide bonds. The lowest BCUT2D eigenvalue weighted by molar-refractivity contribution is 0.430. The normalized spacial score (nSPS) is 14.1. The van der Waals surface area contributed by atoms with Gasteiger partial charge in [0, 0.05) is 11.8 Å². The minimum atomic E-state index is -3.82. The number of nitrogens with two attached hydrogens (primary N) is 1. The van der Waals surface area contributed by atoms with E-state index in [1.54, 1.807) is 48.5 Å². The van der Waals surface area contributed by atoms with Gasteiger partial charge in [-0.1, -0.05) is 49.4 Å². The summed E-state index contributed by atoms with van der Waals surface area (Å²) in [7, 11) is -3.82. The molecule has 0 spiro atoms. The predicted octanol–water partition coefficient (Wildman–Crippen LogP) is 3.06. The van der Waals surface area contributed by atoms with E-state index < -0.39 is 27.5 Å². The quantitative estimate of drug-likeness (QED) is 0.632. The van der Waals surface area contributed by atoms with Crippen LogP contribution >= 0.6 is 0 Å². The second kappa shape index (κ2) is 7.54. The molecule has 142 valence electrons. The highest BCUT2D eigenvalue weighted by Gasteiger charge is 2.32. The summed E-state index contributed by atoms with van der Waals surface area (Å²) in [6, 6.07) is 15.7. The van der Waals surface area contributed by atoms with Crippen molar-refractivity contribution in [2.75, 3.05) is 5.75 Å². The maximum absolute atomic E-state index is 12.6. The minimum absolute atomic E-state index is 0.0775. The number of hydrogen-bond acceptors (Lipinski definition) is 5. The van der Waals surface area contributed by atoms with E-state index in [0.717, 1.165) is 5.56 Å². The van der Waals surface area contributed by atoms with E-state index in [1.165, 1.54) is 0 Å². The van der Waals surface area contributed by atoms with Gasteiger partial charge in [0.25, 0.3) is 0 Å². The summed E-state index contributed by atoms with van der Waals surface area (Å²) in [5.74, 6) is -1.70. The second-order valence-electron chi connectivity index (χ2n) is 6.51. The highest BCUT2D eigenvalue weighted by Crippen LogP contribution is 2.40. The van der Waals surface area contributed by atoms with Gasteiger partial charge in [-0.15, -0.1) is 0 Å². The van der Waals surface area contributed by atoms with Crippen molar-refractivity contribution in [3.63, 3.8) is 0 Å². The molecule has 0 radical (unpaired) electrons. The van der Waals surface area contributed by atoms with Gasteiger partial charge < -0.3 is 9.52 Å². The topological polar surface area (TPSA) is 111 Å². The Morgan fingerprint density at radius 2 is 1.67 bits per heavy atom. The van der Waals surface area contributed by atoms with E-state index in [0.29, 0.717) is 11.8 Å². The number of aromatic hydroxyl groups is 1. The molecule has 2 aromatic carbocycles. The fraction of sp³-hybridized carbons (Fsp3) is 0.250. The summed E-state index contributed by atoms with van der Waals surface area (Å²) in [6.07, 6.45) is 0.422. The number of rotatable bonds is 6. The number of benzene rings is 2. The number of fused-ring (bicyclic) bond motifs is 1. The molecule has 1 aromatic heterocycles. The van der Waals surface area contributed by atoms with Crippen LogP contribution in [-0.2, 0) is 10.0 Å². The first-order valence-electron chi connectivity index (χ1n) is 8.62. The largest absolute Gasteiger partial charge is 0.507 e. The molecular weight excluding hydrogens is 366 g/mol. The lowest BCUT2D eigenvalue weighted by Gasteiger charge is -2.26. The molecular formula is C20H21NO5S. The third-order valence-electron chi connectivity index (χ3n) is 4.76. The van der Waals surface area contributed by atoms with E-state index in [-0.39, 0.29) is 22.6 Å². The average Bonchev–Trinajstić information content (AvgIpc) is 2.63. The van der Waals surface area contributed by atoms with E-state index in [9.17, 15) is 18.3 Å².